The SMILES string of the molecule is NC(Cc1ccc(F)cc1F)C1CCCC1. The van der Waals surface area contributed by atoms with Crippen molar-refractivity contribution in [3.05, 3.63) is 35.4 Å². The van der Waals surface area contributed by atoms with Crippen molar-refractivity contribution in [1.29, 1.82) is 0 Å². The molecule has 0 aliphatic heterocycles. The molecule has 0 heterocycles. The Morgan fingerprint density at radius 1 is 1.25 bits per heavy atom. The molecule has 0 aromatic heterocycles. The van der Waals surface area contributed by atoms with Gasteiger partial charge in [-0.3, -0.25) is 0 Å². The van der Waals surface area contributed by atoms with E-state index < -0.39 is 11.6 Å². The first-order valence-electron chi connectivity index (χ1n) is 5.86. The first-order valence-corrected chi connectivity index (χ1v) is 5.86. The molecule has 0 saturated heterocycles. The predicted molar refractivity (Wildman–Crippen MR) is 60.0 cm³/mol. The van der Waals surface area contributed by atoms with Gasteiger partial charge in [0.2, 0.25) is 0 Å². The molecule has 2 N–H and O–H groups in total. The molecule has 1 aliphatic rings. The van der Waals surface area contributed by atoms with Crippen LogP contribution in [0.4, 0.5) is 8.78 Å². The van der Waals surface area contributed by atoms with E-state index in [-0.39, 0.29) is 6.04 Å². The molecule has 1 aromatic carbocycles. The van der Waals surface area contributed by atoms with Gasteiger partial charge in [-0.05, 0) is 36.8 Å². The minimum atomic E-state index is -0.532. The van der Waals surface area contributed by atoms with Crippen molar-refractivity contribution in [2.24, 2.45) is 11.7 Å². The zero-order chi connectivity index (χ0) is 11.5. The molecule has 1 atom stereocenters. The van der Waals surface area contributed by atoms with Crippen molar-refractivity contribution >= 4 is 0 Å². The number of halogens is 2. The summed E-state index contributed by atoms with van der Waals surface area (Å²) in [6, 6.07) is 3.72. The molecule has 0 radical (unpaired) electrons. The topological polar surface area (TPSA) is 26.0 Å². The molecule has 3 heteroatoms. The number of hydrogen-bond donors (Lipinski definition) is 1. The lowest BCUT2D eigenvalue weighted by molar-refractivity contribution is 0.423. The Labute approximate surface area is 94.7 Å². The highest BCUT2D eigenvalue weighted by Crippen LogP contribution is 2.28. The maximum Gasteiger partial charge on any atom is 0.129 e. The van der Waals surface area contributed by atoms with Gasteiger partial charge in [0, 0.05) is 12.1 Å². The Balaban J connectivity index is 2.02. The third-order valence-electron chi connectivity index (χ3n) is 3.48. The van der Waals surface area contributed by atoms with Crippen LogP contribution in [0.15, 0.2) is 18.2 Å². The van der Waals surface area contributed by atoms with Gasteiger partial charge in [-0.1, -0.05) is 18.9 Å². The van der Waals surface area contributed by atoms with Crippen molar-refractivity contribution in [1.82, 2.24) is 0 Å². The summed E-state index contributed by atoms with van der Waals surface area (Å²) in [6.07, 6.45) is 5.25. The van der Waals surface area contributed by atoms with E-state index in [1.807, 2.05) is 0 Å². The van der Waals surface area contributed by atoms with Gasteiger partial charge in [-0.15, -0.1) is 0 Å². The van der Waals surface area contributed by atoms with Gasteiger partial charge >= 0.3 is 0 Å². The highest BCUT2D eigenvalue weighted by molar-refractivity contribution is 5.19. The standard InChI is InChI=1S/C13H17F2N/c14-11-6-5-10(12(15)8-11)7-13(16)9-3-1-2-4-9/h5-6,8-9,13H,1-4,7,16H2. The zero-order valence-electron chi connectivity index (χ0n) is 9.26. The summed E-state index contributed by atoms with van der Waals surface area (Å²) in [7, 11) is 0. The Hall–Kier alpha value is -0.960. The van der Waals surface area contributed by atoms with Crippen LogP contribution in [-0.2, 0) is 6.42 Å². The van der Waals surface area contributed by atoms with Gasteiger partial charge in [-0.2, -0.15) is 0 Å². The van der Waals surface area contributed by atoms with Crippen LogP contribution in [0.1, 0.15) is 31.2 Å². The van der Waals surface area contributed by atoms with Crippen molar-refractivity contribution in [3.63, 3.8) is 0 Å². The minimum Gasteiger partial charge on any atom is -0.327 e. The van der Waals surface area contributed by atoms with Crippen LogP contribution >= 0.6 is 0 Å². The number of benzene rings is 1. The number of nitrogens with two attached hydrogens (primary N) is 1. The first kappa shape index (κ1) is 11.5. The Morgan fingerprint density at radius 3 is 2.56 bits per heavy atom. The zero-order valence-corrected chi connectivity index (χ0v) is 9.26. The van der Waals surface area contributed by atoms with E-state index in [1.165, 1.54) is 25.0 Å². The summed E-state index contributed by atoms with van der Waals surface area (Å²) in [6.45, 7) is 0. The Bertz CT molecular complexity index is 359. The fourth-order valence-electron chi connectivity index (χ4n) is 2.49. The lowest BCUT2D eigenvalue weighted by Crippen LogP contribution is -2.31. The largest absolute Gasteiger partial charge is 0.327 e. The van der Waals surface area contributed by atoms with E-state index >= 15 is 0 Å². The summed E-state index contributed by atoms with van der Waals surface area (Å²) in [4.78, 5) is 0. The summed E-state index contributed by atoms with van der Waals surface area (Å²) in [5.74, 6) is -0.506. The lowest BCUT2D eigenvalue weighted by atomic mass is 9.93. The highest BCUT2D eigenvalue weighted by atomic mass is 19.1. The molecule has 0 spiro atoms. The Kier molecular flexibility index (Phi) is 3.54. The van der Waals surface area contributed by atoms with E-state index in [0.717, 1.165) is 18.9 Å². The lowest BCUT2D eigenvalue weighted by Gasteiger charge is -2.18. The minimum absolute atomic E-state index is 0.00228. The molecule has 1 nitrogen and oxygen atoms in total. The molecule has 16 heavy (non-hydrogen) atoms. The number of rotatable bonds is 3. The van der Waals surface area contributed by atoms with Crippen molar-refractivity contribution in [3.8, 4) is 0 Å². The predicted octanol–water partition coefficient (Wildman–Crippen LogP) is 3.02. The van der Waals surface area contributed by atoms with Crippen LogP contribution < -0.4 is 5.73 Å². The normalized spacial score (nSPS) is 18.9. The molecule has 2 rings (SSSR count). The summed E-state index contributed by atoms with van der Waals surface area (Å²) in [5, 5.41) is 0. The van der Waals surface area contributed by atoms with Crippen LogP contribution in [0, 0.1) is 17.6 Å². The molecule has 1 aromatic rings. The summed E-state index contributed by atoms with van der Waals surface area (Å²) >= 11 is 0. The fraction of sp³-hybridized carbons (Fsp3) is 0.538. The van der Waals surface area contributed by atoms with Gasteiger partial charge in [0.05, 0.1) is 0 Å². The van der Waals surface area contributed by atoms with Crippen LogP contribution in [0.2, 0.25) is 0 Å². The van der Waals surface area contributed by atoms with E-state index in [2.05, 4.69) is 0 Å². The second-order valence-electron chi connectivity index (χ2n) is 4.65. The third kappa shape index (κ3) is 2.59. The van der Waals surface area contributed by atoms with Gasteiger partial charge in [0.25, 0.3) is 0 Å². The van der Waals surface area contributed by atoms with Gasteiger partial charge in [0.15, 0.2) is 0 Å². The fourth-order valence-corrected chi connectivity index (χ4v) is 2.49. The first-order chi connectivity index (χ1) is 7.66. The van der Waals surface area contributed by atoms with Crippen LogP contribution in [0.25, 0.3) is 0 Å². The molecule has 0 amide bonds. The summed E-state index contributed by atoms with van der Waals surface area (Å²) in [5.41, 5.74) is 6.59. The molecule has 1 unspecified atom stereocenters. The van der Waals surface area contributed by atoms with E-state index in [9.17, 15) is 8.78 Å². The molecular formula is C13H17F2N. The quantitative estimate of drug-likeness (QED) is 0.840. The maximum atomic E-state index is 13.4. The summed E-state index contributed by atoms with van der Waals surface area (Å²) < 4.78 is 26.1. The van der Waals surface area contributed by atoms with Crippen molar-refractivity contribution in [2.45, 2.75) is 38.1 Å². The smallest absolute Gasteiger partial charge is 0.129 e. The monoisotopic (exact) mass is 225 g/mol. The number of hydrogen-bond acceptors (Lipinski definition) is 1. The van der Waals surface area contributed by atoms with Crippen LogP contribution in [0.3, 0.4) is 0 Å². The van der Waals surface area contributed by atoms with E-state index in [1.54, 1.807) is 0 Å². The van der Waals surface area contributed by atoms with Crippen LogP contribution in [0.5, 0.6) is 0 Å². The maximum absolute atomic E-state index is 13.4. The second kappa shape index (κ2) is 4.91. The van der Waals surface area contributed by atoms with Gasteiger partial charge in [-0.25, -0.2) is 8.78 Å². The van der Waals surface area contributed by atoms with Crippen molar-refractivity contribution in [2.75, 3.05) is 0 Å². The van der Waals surface area contributed by atoms with Gasteiger partial charge in [0.1, 0.15) is 11.6 Å². The molecular weight excluding hydrogens is 208 g/mol. The van der Waals surface area contributed by atoms with Crippen molar-refractivity contribution < 1.29 is 8.78 Å². The second-order valence-corrected chi connectivity index (χ2v) is 4.65. The highest BCUT2D eigenvalue weighted by Gasteiger charge is 2.22. The molecule has 1 fully saturated rings. The van der Waals surface area contributed by atoms with Crippen LogP contribution in [-0.4, -0.2) is 6.04 Å². The Morgan fingerprint density at radius 2 is 1.94 bits per heavy atom. The molecule has 1 saturated carbocycles. The third-order valence-corrected chi connectivity index (χ3v) is 3.48. The average molecular weight is 225 g/mol. The van der Waals surface area contributed by atoms with E-state index in [0.29, 0.717) is 17.9 Å². The molecule has 1 aliphatic carbocycles. The average Bonchev–Trinajstić information content (AvgIpc) is 2.75. The molecule has 0 bridgehead atoms. The van der Waals surface area contributed by atoms with E-state index in [4.69, 9.17) is 5.73 Å². The van der Waals surface area contributed by atoms with Gasteiger partial charge < -0.3 is 5.73 Å². The molecule has 88 valence electrons.